The summed E-state index contributed by atoms with van der Waals surface area (Å²) in [6.45, 7) is 0. The van der Waals surface area contributed by atoms with E-state index in [2.05, 4.69) is 181 Å². The third-order valence-corrected chi connectivity index (χ3v) is 12.1. The molecule has 2 heterocycles. The molecule has 0 saturated carbocycles. The normalized spacial score (nSPS) is 19.7. The number of anilines is 1. The summed E-state index contributed by atoms with van der Waals surface area (Å²) >= 11 is 0. The number of aliphatic imine (C=N–C) groups is 1. The number of allylic oxidation sites excluding steroid dienone is 7. The largest absolute Gasteiger partial charge is 0.457 e. The van der Waals surface area contributed by atoms with Crippen molar-refractivity contribution in [1.82, 2.24) is 0 Å². The van der Waals surface area contributed by atoms with Crippen LogP contribution in [0.1, 0.15) is 58.2 Å². The van der Waals surface area contributed by atoms with Gasteiger partial charge in [0.05, 0.1) is 11.1 Å². The first kappa shape index (κ1) is 31.1. The first-order chi connectivity index (χ1) is 26.8. The number of rotatable bonds is 4. The number of hydrogen-bond donors (Lipinski definition) is 1. The molecule has 1 spiro atoms. The highest BCUT2D eigenvalue weighted by atomic mass is 16.5. The van der Waals surface area contributed by atoms with Crippen molar-refractivity contribution in [2.45, 2.75) is 30.8 Å². The average Bonchev–Trinajstić information content (AvgIpc) is 3.55. The Kier molecular flexibility index (Phi) is 7.10. The summed E-state index contributed by atoms with van der Waals surface area (Å²) in [4.78, 5) is 5.48. The first-order valence-corrected chi connectivity index (χ1v) is 19.2. The van der Waals surface area contributed by atoms with E-state index in [4.69, 9.17) is 9.73 Å². The number of hydrogen-bond acceptors (Lipinski definition) is 3. The SMILES string of the molecule is C1=CC(C2N=C(C3=CC=C(c4ccccc4)CC3)c3ccccc3N2)CC=C1c1cccc2c1C1(c3ccccc3Oc3ccccc31)c1ccccc1-2. The summed E-state index contributed by atoms with van der Waals surface area (Å²) in [5.41, 5.74) is 17.1. The molecule has 6 aromatic carbocycles. The molecule has 0 fully saturated rings. The van der Waals surface area contributed by atoms with E-state index in [1.807, 2.05) is 0 Å². The van der Waals surface area contributed by atoms with Gasteiger partial charge in [-0.2, -0.15) is 0 Å². The molecule has 5 aliphatic rings. The van der Waals surface area contributed by atoms with Gasteiger partial charge < -0.3 is 10.1 Å². The molecule has 54 heavy (non-hydrogen) atoms. The predicted molar refractivity (Wildman–Crippen MR) is 221 cm³/mol. The molecular weight excluding hydrogens is 657 g/mol. The third kappa shape index (κ3) is 4.64. The lowest BCUT2D eigenvalue weighted by Gasteiger charge is -2.40. The molecule has 0 saturated heterocycles. The summed E-state index contributed by atoms with van der Waals surface area (Å²) in [6, 6.07) is 52.4. The fraction of sp³-hybridized carbons (Fsp3) is 0.118. The topological polar surface area (TPSA) is 33.6 Å². The molecule has 0 aromatic heterocycles. The highest BCUT2D eigenvalue weighted by molar-refractivity contribution is 6.17. The van der Waals surface area contributed by atoms with Gasteiger partial charge in [-0.1, -0.05) is 158 Å². The maximum atomic E-state index is 6.61. The van der Waals surface area contributed by atoms with Crippen molar-refractivity contribution in [3.05, 3.63) is 220 Å². The van der Waals surface area contributed by atoms with Gasteiger partial charge in [0.25, 0.3) is 0 Å². The molecular formula is C51H38N2O. The number of para-hydroxylation sites is 3. The standard InChI is InChI=1S/C51H38N2O/c1-2-13-33(14-3-1)34-25-29-36(30-26-34)49-41-16-5-9-22-45(41)52-50(53-49)37-31-27-35(28-32-37)38-17-12-18-40-39-15-4-6-19-42(39)51(48(38)40)43-20-7-10-23-46(43)54-47-24-11-8-21-44(47)51/h1-25,27-29,31,37,50,52H,26,30,32H2. The molecule has 11 rings (SSSR count). The average molecular weight is 695 g/mol. The van der Waals surface area contributed by atoms with Gasteiger partial charge in [-0.3, -0.25) is 4.99 Å². The summed E-state index contributed by atoms with van der Waals surface area (Å²) < 4.78 is 6.61. The molecule has 0 amide bonds. The Balaban J connectivity index is 0.983. The van der Waals surface area contributed by atoms with Crippen LogP contribution in [0.3, 0.4) is 0 Å². The Morgan fingerprint density at radius 2 is 1.20 bits per heavy atom. The van der Waals surface area contributed by atoms with Crippen LogP contribution >= 0.6 is 0 Å². The molecule has 2 aliphatic heterocycles. The molecule has 1 N–H and O–H groups in total. The number of ether oxygens (including phenoxy) is 1. The van der Waals surface area contributed by atoms with Crippen molar-refractivity contribution in [1.29, 1.82) is 0 Å². The van der Waals surface area contributed by atoms with Crippen molar-refractivity contribution in [3.63, 3.8) is 0 Å². The Hall–Kier alpha value is -6.45. The molecule has 3 nitrogen and oxygen atoms in total. The maximum Gasteiger partial charge on any atom is 0.132 e. The lowest BCUT2D eigenvalue weighted by atomic mass is 9.64. The molecule has 3 aliphatic carbocycles. The van der Waals surface area contributed by atoms with Gasteiger partial charge in [0.1, 0.15) is 17.7 Å². The Bertz CT molecular complexity index is 2610. The minimum atomic E-state index is -0.504. The number of nitrogens with zero attached hydrogens (tertiary/aromatic N) is 1. The highest BCUT2D eigenvalue weighted by Gasteiger charge is 2.52. The van der Waals surface area contributed by atoms with Gasteiger partial charge in [-0.25, -0.2) is 0 Å². The Morgan fingerprint density at radius 1 is 0.574 bits per heavy atom. The smallest absolute Gasteiger partial charge is 0.132 e. The molecule has 2 atom stereocenters. The maximum absolute atomic E-state index is 6.61. The summed E-state index contributed by atoms with van der Waals surface area (Å²) in [6.07, 6.45) is 14.6. The van der Waals surface area contributed by atoms with E-state index in [0.29, 0.717) is 0 Å². The van der Waals surface area contributed by atoms with E-state index in [1.165, 1.54) is 66.8 Å². The Labute approximate surface area is 316 Å². The minimum Gasteiger partial charge on any atom is -0.457 e. The van der Waals surface area contributed by atoms with Crippen LogP contribution in [-0.4, -0.2) is 11.9 Å². The van der Waals surface area contributed by atoms with E-state index in [1.54, 1.807) is 0 Å². The van der Waals surface area contributed by atoms with E-state index in [9.17, 15) is 0 Å². The van der Waals surface area contributed by atoms with Gasteiger partial charge >= 0.3 is 0 Å². The molecule has 0 radical (unpaired) electrons. The Morgan fingerprint density at radius 3 is 1.94 bits per heavy atom. The van der Waals surface area contributed by atoms with Crippen LogP contribution in [0.5, 0.6) is 11.5 Å². The number of fused-ring (bicyclic) bond motifs is 10. The van der Waals surface area contributed by atoms with Crippen LogP contribution in [0.25, 0.3) is 22.3 Å². The van der Waals surface area contributed by atoms with Gasteiger partial charge in [0.2, 0.25) is 0 Å². The monoisotopic (exact) mass is 694 g/mol. The molecule has 0 bridgehead atoms. The van der Waals surface area contributed by atoms with Crippen molar-refractivity contribution in [2.24, 2.45) is 10.9 Å². The van der Waals surface area contributed by atoms with Crippen LogP contribution in [-0.2, 0) is 5.41 Å². The van der Waals surface area contributed by atoms with Crippen molar-refractivity contribution < 1.29 is 4.74 Å². The summed E-state index contributed by atoms with van der Waals surface area (Å²) in [5.74, 6) is 2.04. The molecule has 2 unspecified atom stereocenters. The van der Waals surface area contributed by atoms with Crippen molar-refractivity contribution >= 4 is 22.5 Å². The number of benzene rings is 6. The number of nitrogens with one attached hydrogen (secondary N) is 1. The van der Waals surface area contributed by atoms with Crippen molar-refractivity contribution in [2.75, 3.05) is 5.32 Å². The predicted octanol–water partition coefficient (Wildman–Crippen LogP) is 12.2. The van der Waals surface area contributed by atoms with E-state index >= 15 is 0 Å². The van der Waals surface area contributed by atoms with Crippen LogP contribution < -0.4 is 10.1 Å². The first-order valence-electron chi connectivity index (χ1n) is 19.2. The summed E-state index contributed by atoms with van der Waals surface area (Å²) in [7, 11) is 0. The van der Waals surface area contributed by atoms with Gasteiger partial charge in [-0.05, 0) is 87.6 Å². The zero-order valence-electron chi connectivity index (χ0n) is 29.9. The lowest BCUT2D eigenvalue weighted by Crippen LogP contribution is -2.33. The fourth-order valence-corrected chi connectivity index (χ4v) is 9.63. The van der Waals surface area contributed by atoms with E-state index < -0.39 is 5.41 Å². The van der Waals surface area contributed by atoms with Crippen LogP contribution in [0.2, 0.25) is 0 Å². The lowest BCUT2D eigenvalue weighted by molar-refractivity contribution is 0.436. The fourth-order valence-electron chi connectivity index (χ4n) is 9.63. The zero-order chi connectivity index (χ0) is 35.6. The van der Waals surface area contributed by atoms with Gasteiger partial charge in [-0.15, -0.1) is 0 Å². The van der Waals surface area contributed by atoms with Gasteiger partial charge in [0, 0.05) is 28.3 Å². The third-order valence-electron chi connectivity index (χ3n) is 12.1. The zero-order valence-corrected chi connectivity index (χ0v) is 29.9. The second kappa shape index (κ2) is 12.3. The molecule has 3 heteroatoms. The van der Waals surface area contributed by atoms with Crippen LogP contribution in [0.4, 0.5) is 5.69 Å². The molecule has 6 aromatic rings. The van der Waals surface area contributed by atoms with Crippen molar-refractivity contribution in [3.8, 4) is 22.6 Å². The second-order valence-electron chi connectivity index (χ2n) is 14.9. The minimum absolute atomic E-state index is 0.0596. The van der Waals surface area contributed by atoms with E-state index in [0.717, 1.165) is 42.2 Å². The van der Waals surface area contributed by atoms with E-state index in [-0.39, 0.29) is 12.1 Å². The summed E-state index contributed by atoms with van der Waals surface area (Å²) in [5, 5.41) is 3.82. The van der Waals surface area contributed by atoms with Gasteiger partial charge in [0.15, 0.2) is 0 Å². The van der Waals surface area contributed by atoms with Crippen LogP contribution in [0.15, 0.2) is 187 Å². The quantitative estimate of drug-likeness (QED) is 0.199. The van der Waals surface area contributed by atoms with Crippen LogP contribution in [0, 0.1) is 5.92 Å². The highest BCUT2D eigenvalue weighted by Crippen LogP contribution is 2.63. The second-order valence-corrected chi connectivity index (χ2v) is 14.9. The molecule has 258 valence electrons.